The molecule has 0 bridgehead atoms. The second-order valence-electron chi connectivity index (χ2n) is 6.11. The first-order valence-electron chi connectivity index (χ1n) is 8.01. The largest absolute Gasteiger partial charge is 0.367 e. The van der Waals surface area contributed by atoms with Crippen molar-refractivity contribution in [2.45, 2.75) is 13.0 Å². The molecule has 0 unspecified atom stereocenters. The summed E-state index contributed by atoms with van der Waals surface area (Å²) in [6, 6.07) is 10.1. The summed E-state index contributed by atoms with van der Waals surface area (Å²) in [4.78, 5) is 20.1. The smallest absolute Gasteiger partial charge is 0.264 e. The van der Waals surface area contributed by atoms with E-state index >= 15 is 0 Å². The number of aryl methyl sites for hydroxylation is 2. The predicted octanol–water partition coefficient (Wildman–Crippen LogP) is 3.16. The van der Waals surface area contributed by atoms with Gasteiger partial charge in [-0.05, 0) is 24.4 Å². The number of amides is 1. The Bertz CT molecular complexity index is 866. The molecule has 1 saturated heterocycles. The Balaban J connectivity index is 1.57. The van der Waals surface area contributed by atoms with E-state index in [4.69, 9.17) is 4.74 Å². The minimum absolute atomic E-state index is 0.0791. The molecule has 6 heteroatoms. The van der Waals surface area contributed by atoms with E-state index in [0.29, 0.717) is 19.7 Å². The zero-order valence-electron chi connectivity index (χ0n) is 13.7. The molecule has 3 aromatic rings. The topological polar surface area (TPSA) is 47.4 Å². The molecule has 1 amide bonds. The number of hydrogen-bond acceptors (Lipinski definition) is 4. The van der Waals surface area contributed by atoms with E-state index in [1.807, 2.05) is 53.9 Å². The normalized spacial score (nSPS) is 18.2. The highest BCUT2D eigenvalue weighted by Gasteiger charge is 2.29. The Morgan fingerprint density at radius 1 is 1.38 bits per heavy atom. The summed E-state index contributed by atoms with van der Waals surface area (Å²) in [6.07, 6.45) is 1.81. The van der Waals surface area contributed by atoms with Crippen molar-refractivity contribution in [2.75, 3.05) is 19.7 Å². The fourth-order valence-corrected chi connectivity index (χ4v) is 4.20. The number of ether oxygens (including phenoxy) is 1. The number of fused-ring (bicyclic) bond motifs is 1. The Morgan fingerprint density at radius 3 is 2.96 bits per heavy atom. The van der Waals surface area contributed by atoms with E-state index < -0.39 is 0 Å². The summed E-state index contributed by atoms with van der Waals surface area (Å²) >= 11 is 1.55. The van der Waals surface area contributed by atoms with E-state index in [2.05, 4.69) is 11.1 Å². The lowest BCUT2D eigenvalue weighted by Crippen LogP contribution is -2.42. The van der Waals surface area contributed by atoms with E-state index in [9.17, 15) is 4.79 Å². The predicted molar refractivity (Wildman–Crippen MR) is 94.4 cm³/mol. The number of benzene rings is 1. The molecule has 0 N–H and O–H groups in total. The second-order valence-corrected chi connectivity index (χ2v) is 7.19. The fourth-order valence-electron chi connectivity index (χ4n) is 3.17. The zero-order chi connectivity index (χ0) is 16.7. The molecule has 1 fully saturated rings. The van der Waals surface area contributed by atoms with Crippen LogP contribution in [0.15, 0.2) is 36.5 Å². The van der Waals surface area contributed by atoms with E-state index in [-0.39, 0.29) is 12.0 Å². The van der Waals surface area contributed by atoms with Gasteiger partial charge in [0.1, 0.15) is 11.9 Å². The van der Waals surface area contributed by atoms with Crippen molar-refractivity contribution >= 4 is 27.3 Å². The molecule has 24 heavy (non-hydrogen) atoms. The first-order valence-corrected chi connectivity index (χ1v) is 8.83. The summed E-state index contributed by atoms with van der Waals surface area (Å²) in [7, 11) is 1.96. The lowest BCUT2D eigenvalue weighted by Gasteiger charge is -2.32. The van der Waals surface area contributed by atoms with Gasteiger partial charge in [0.05, 0.1) is 23.7 Å². The Hall–Kier alpha value is -2.18. The number of nitrogens with zero attached hydrogens (tertiary/aromatic N) is 3. The summed E-state index contributed by atoms with van der Waals surface area (Å²) in [5.41, 5.74) is 0.962. The molecule has 3 heterocycles. The van der Waals surface area contributed by atoms with E-state index in [1.165, 1.54) is 0 Å². The molecule has 1 aliphatic heterocycles. The van der Waals surface area contributed by atoms with E-state index in [0.717, 1.165) is 26.5 Å². The lowest BCUT2D eigenvalue weighted by atomic mass is 10.2. The van der Waals surface area contributed by atoms with Gasteiger partial charge in [0.25, 0.3) is 5.91 Å². The van der Waals surface area contributed by atoms with Crippen LogP contribution in [0.25, 0.3) is 10.1 Å². The Morgan fingerprint density at radius 2 is 2.21 bits per heavy atom. The van der Waals surface area contributed by atoms with Gasteiger partial charge in [0.2, 0.25) is 0 Å². The van der Waals surface area contributed by atoms with Gasteiger partial charge in [-0.15, -0.1) is 11.3 Å². The van der Waals surface area contributed by atoms with Gasteiger partial charge in [-0.3, -0.25) is 4.79 Å². The third-order valence-corrected chi connectivity index (χ3v) is 5.41. The number of rotatable bonds is 2. The van der Waals surface area contributed by atoms with Crippen LogP contribution in [-0.2, 0) is 11.8 Å². The molecule has 5 nitrogen and oxygen atoms in total. The molecule has 4 rings (SSSR count). The van der Waals surface area contributed by atoms with Gasteiger partial charge in [-0.1, -0.05) is 18.2 Å². The molecule has 2 aromatic heterocycles. The highest BCUT2D eigenvalue weighted by Crippen LogP contribution is 2.28. The highest BCUT2D eigenvalue weighted by molar-refractivity contribution is 7.20. The molecule has 1 atom stereocenters. The summed E-state index contributed by atoms with van der Waals surface area (Å²) in [6.45, 7) is 3.66. The van der Waals surface area contributed by atoms with Crippen molar-refractivity contribution in [3.05, 3.63) is 52.9 Å². The van der Waals surface area contributed by atoms with Gasteiger partial charge in [-0.2, -0.15) is 0 Å². The molecule has 1 aliphatic rings. The molecule has 0 spiro atoms. The third kappa shape index (κ3) is 2.72. The maximum atomic E-state index is 12.9. The summed E-state index contributed by atoms with van der Waals surface area (Å²) in [5.74, 6) is 0.955. The van der Waals surface area contributed by atoms with Crippen LogP contribution in [0.2, 0.25) is 0 Å². The number of carbonyl (C=O) groups excluding carboxylic acids is 1. The van der Waals surface area contributed by atoms with Crippen LogP contribution in [0.1, 0.15) is 27.3 Å². The van der Waals surface area contributed by atoms with Gasteiger partial charge in [0, 0.05) is 24.5 Å². The number of aromatic nitrogens is 2. The maximum absolute atomic E-state index is 12.9. The zero-order valence-corrected chi connectivity index (χ0v) is 14.5. The number of hydrogen-bond donors (Lipinski definition) is 0. The Kier molecular flexibility index (Phi) is 3.86. The molecular weight excluding hydrogens is 322 g/mol. The SMILES string of the molecule is Cc1cn(C)c([C@H]2CN(C(=O)c3cc4ccccc4s3)CCO2)n1. The molecule has 0 aliphatic carbocycles. The fraction of sp³-hybridized carbons (Fsp3) is 0.333. The van der Waals surface area contributed by atoms with Crippen molar-refractivity contribution in [3.8, 4) is 0 Å². The minimum Gasteiger partial charge on any atom is -0.367 e. The van der Waals surface area contributed by atoms with Gasteiger partial charge < -0.3 is 14.2 Å². The standard InChI is InChI=1S/C18H19N3O2S/c1-12-10-20(2)17(19-12)14-11-21(7-8-23-14)18(22)16-9-13-5-3-4-6-15(13)24-16/h3-6,9-10,14H,7-8,11H2,1-2H3/t14-/m1/s1. The molecular formula is C18H19N3O2S. The van der Waals surface area contributed by atoms with Crippen molar-refractivity contribution in [1.29, 1.82) is 0 Å². The van der Waals surface area contributed by atoms with Crippen LogP contribution >= 0.6 is 11.3 Å². The summed E-state index contributed by atoms with van der Waals surface area (Å²) < 4.78 is 8.98. The van der Waals surface area contributed by atoms with Gasteiger partial charge in [-0.25, -0.2) is 4.98 Å². The van der Waals surface area contributed by atoms with Gasteiger partial charge in [0.15, 0.2) is 0 Å². The van der Waals surface area contributed by atoms with Crippen molar-refractivity contribution in [2.24, 2.45) is 7.05 Å². The minimum atomic E-state index is -0.171. The second kappa shape index (κ2) is 6.03. The summed E-state index contributed by atoms with van der Waals surface area (Å²) in [5, 5.41) is 1.12. The quantitative estimate of drug-likeness (QED) is 0.719. The van der Waals surface area contributed by atoms with Crippen LogP contribution < -0.4 is 0 Å². The van der Waals surface area contributed by atoms with E-state index in [1.54, 1.807) is 11.3 Å². The molecule has 0 radical (unpaired) electrons. The number of imidazole rings is 1. The first-order chi connectivity index (χ1) is 11.6. The van der Waals surface area contributed by atoms with Crippen LogP contribution in [0.3, 0.4) is 0 Å². The number of carbonyl (C=O) groups is 1. The average molecular weight is 341 g/mol. The average Bonchev–Trinajstić information content (AvgIpc) is 3.17. The number of thiophene rings is 1. The Labute approximate surface area is 144 Å². The number of morpholine rings is 1. The van der Waals surface area contributed by atoms with Crippen LogP contribution in [0, 0.1) is 6.92 Å². The van der Waals surface area contributed by atoms with Crippen LogP contribution in [0.5, 0.6) is 0 Å². The molecule has 1 aromatic carbocycles. The van der Waals surface area contributed by atoms with Crippen molar-refractivity contribution in [1.82, 2.24) is 14.5 Å². The molecule has 0 saturated carbocycles. The molecule has 124 valence electrons. The van der Waals surface area contributed by atoms with Crippen LogP contribution in [0.4, 0.5) is 0 Å². The first kappa shape index (κ1) is 15.4. The monoisotopic (exact) mass is 341 g/mol. The third-order valence-electron chi connectivity index (χ3n) is 4.31. The maximum Gasteiger partial charge on any atom is 0.264 e. The highest BCUT2D eigenvalue weighted by atomic mass is 32.1. The lowest BCUT2D eigenvalue weighted by molar-refractivity contribution is -0.0277. The van der Waals surface area contributed by atoms with Crippen LogP contribution in [-0.4, -0.2) is 40.1 Å². The van der Waals surface area contributed by atoms with Gasteiger partial charge >= 0.3 is 0 Å². The van der Waals surface area contributed by atoms with Crippen molar-refractivity contribution < 1.29 is 9.53 Å². The van der Waals surface area contributed by atoms with Crippen molar-refractivity contribution in [3.63, 3.8) is 0 Å².